The van der Waals surface area contributed by atoms with Gasteiger partial charge < -0.3 is 25.4 Å². The third-order valence-electron chi connectivity index (χ3n) is 4.65. The van der Waals surface area contributed by atoms with Gasteiger partial charge in [0, 0.05) is 18.8 Å². The van der Waals surface area contributed by atoms with E-state index >= 15 is 0 Å². The number of nitrogens with one attached hydrogen (secondary N) is 2. The summed E-state index contributed by atoms with van der Waals surface area (Å²) in [5, 5.41) is 23.7. The van der Waals surface area contributed by atoms with Crippen LogP contribution < -0.4 is 16.2 Å². The molecule has 0 radical (unpaired) electrons. The Morgan fingerprint density at radius 3 is 2.48 bits per heavy atom. The highest BCUT2D eigenvalue weighted by molar-refractivity contribution is 5.91. The molecule has 1 aromatic heterocycles. The molecule has 3 aromatic rings. The van der Waals surface area contributed by atoms with Gasteiger partial charge in [0.2, 0.25) is 0 Å². The molecule has 0 saturated carbocycles. The van der Waals surface area contributed by atoms with E-state index in [9.17, 15) is 29.0 Å². The summed E-state index contributed by atoms with van der Waals surface area (Å²) in [5.74, 6) is -2.40. The largest absolute Gasteiger partial charge is 0.505 e. The molecule has 3 rings (SSSR count). The Morgan fingerprint density at radius 2 is 1.81 bits per heavy atom. The first-order chi connectivity index (χ1) is 14.8. The lowest BCUT2D eigenvalue weighted by Crippen LogP contribution is -2.36. The fourth-order valence-electron chi connectivity index (χ4n) is 3.08. The van der Waals surface area contributed by atoms with Crippen LogP contribution in [-0.2, 0) is 11.8 Å². The Morgan fingerprint density at radius 1 is 1.10 bits per heavy atom. The second-order valence-electron chi connectivity index (χ2n) is 6.84. The first-order valence-corrected chi connectivity index (χ1v) is 9.29. The smallest absolute Gasteiger partial charge is 0.319 e. The molecule has 31 heavy (non-hydrogen) atoms. The van der Waals surface area contributed by atoms with Gasteiger partial charge in [-0.05, 0) is 29.3 Å². The molecule has 0 aliphatic rings. The summed E-state index contributed by atoms with van der Waals surface area (Å²) in [6.07, 6.45) is 0.722. The average molecular weight is 425 g/mol. The molecule has 9 heteroatoms. The van der Waals surface area contributed by atoms with Crippen molar-refractivity contribution in [2.75, 3.05) is 5.32 Å². The molecule has 4 N–H and O–H groups in total. The number of pyridine rings is 1. The molecular formula is C22H20FN3O5. The Balaban J connectivity index is 1.91. The average Bonchev–Trinajstić information content (AvgIpc) is 2.74. The van der Waals surface area contributed by atoms with Crippen LogP contribution in [0.1, 0.15) is 18.0 Å². The molecule has 0 saturated heterocycles. The molecule has 160 valence electrons. The maximum absolute atomic E-state index is 14.6. The van der Waals surface area contributed by atoms with Gasteiger partial charge in [-0.3, -0.25) is 9.59 Å². The van der Waals surface area contributed by atoms with E-state index in [4.69, 9.17) is 0 Å². The zero-order valence-electron chi connectivity index (χ0n) is 16.5. The number of aromatic nitrogens is 1. The molecule has 1 heterocycles. The van der Waals surface area contributed by atoms with E-state index in [1.807, 2.05) is 30.3 Å². The van der Waals surface area contributed by atoms with Gasteiger partial charge >= 0.3 is 12.0 Å². The number of carbonyl (C=O) groups excluding carboxylic acids is 1. The van der Waals surface area contributed by atoms with Crippen molar-refractivity contribution >= 4 is 17.7 Å². The van der Waals surface area contributed by atoms with E-state index < -0.39 is 41.6 Å². The van der Waals surface area contributed by atoms with E-state index in [1.165, 1.54) is 31.4 Å². The predicted molar refractivity (Wildman–Crippen MR) is 112 cm³/mol. The Labute approximate surface area is 176 Å². The van der Waals surface area contributed by atoms with Gasteiger partial charge in [-0.1, -0.05) is 36.4 Å². The van der Waals surface area contributed by atoms with Gasteiger partial charge in [0.05, 0.1) is 12.5 Å². The third-order valence-corrected chi connectivity index (χ3v) is 4.65. The molecule has 0 fully saturated rings. The van der Waals surface area contributed by atoms with Crippen LogP contribution in [0.3, 0.4) is 0 Å². The van der Waals surface area contributed by atoms with Gasteiger partial charge in [0.1, 0.15) is 11.6 Å². The number of halogens is 1. The lowest BCUT2D eigenvalue weighted by Gasteiger charge is -2.20. The second kappa shape index (κ2) is 9.12. The lowest BCUT2D eigenvalue weighted by atomic mass is 9.97. The highest BCUT2D eigenvalue weighted by Gasteiger charge is 2.23. The predicted octanol–water partition coefficient (Wildman–Crippen LogP) is 3.23. The first kappa shape index (κ1) is 21.6. The van der Waals surface area contributed by atoms with Crippen LogP contribution in [0.15, 0.2) is 65.6 Å². The molecule has 2 aromatic carbocycles. The third kappa shape index (κ3) is 5.08. The number of hydrogen-bond acceptors (Lipinski definition) is 4. The number of rotatable bonds is 6. The SMILES string of the molecule is Cn1ccc(O)c(NC(=O)N[C@@H](CC(=O)O)c2cc(-c3ccccc3)ccc2F)c1=O. The van der Waals surface area contributed by atoms with Crippen molar-refractivity contribution in [3.63, 3.8) is 0 Å². The number of hydrogen-bond donors (Lipinski definition) is 4. The molecule has 0 spiro atoms. The van der Waals surface area contributed by atoms with Gasteiger partial charge in [-0.25, -0.2) is 9.18 Å². The van der Waals surface area contributed by atoms with E-state index in [0.717, 1.165) is 10.1 Å². The molecule has 0 aliphatic carbocycles. The van der Waals surface area contributed by atoms with Crippen LogP contribution in [0.5, 0.6) is 5.75 Å². The summed E-state index contributed by atoms with van der Waals surface area (Å²) in [6, 6.07) is 12.3. The van der Waals surface area contributed by atoms with Gasteiger partial charge in [-0.2, -0.15) is 0 Å². The summed E-state index contributed by atoms with van der Waals surface area (Å²) in [6.45, 7) is 0. The van der Waals surface area contributed by atoms with Crippen molar-refractivity contribution in [2.24, 2.45) is 7.05 Å². The van der Waals surface area contributed by atoms with Crippen LogP contribution >= 0.6 is 0 Å². The van der Waals surface area contributed by atoms with Gasteiger partial charge in [0.15, 0.2) is 5.69 Å². The fraction of sp³-hybridized carbons (Fsp3) is 0.136. The monoisotopic (exact) mass is 425 g/mol. The molecule has 0 bridgehead atoms. The van der Waals surface area contributed by atoms with Crippen molar-refractivity contribution in [3.05, 3.63) is 82.5 Å². The second-order valence-corrected chi connectivity index (χ2v) is 6.84. The summed E-state index contributed by atoms with van der Waals surface area (Å²) in [5.41, 5.74) is 0.366. The van der Waals surface area contributed by atoms with Crippen LogP contribution in [-0.4, -0.2) is 26.8 Å². The van der Waals surface area contributed by atoms with Crippen molar-refractivity contribution in [3.8, 4) is 16.9 Å². The van der Waals surface area contributed by atoms with E-state index in [0.29, 0.717) is 5.56 Å². The molecule has 0 unspecified atom stereocenters. The van der Waals surface area contributed by atoms with Crippen molar-refractivity contribution < 1.29 is 24.2 Å². The van der Waals surface area contributed by atoms with Crippen LogP contribution in [0.2, 0.25) is 0 Å². The number of benzene rings is 2. The molecule has 2 amide bonds. The van der Waals surface area contributed by atoms with Crippen LogP contribution in [0, 0.1) is 5.82 Å². The topological polar surface area (TPSA) is 121 Å². The molecule has 8 nitrogen and oxygen atoms in total. The van der Waals surface area contributed by atoms with Crippen molar-refractivity contribution in [1.82, 2.24) is 9.88 Å². The molecular weight excluding hydrogens is 405 g/mol. The quantitative estimate of drug-likeness (QED) is 0.483. The maximum atomic E-state index is 14.6. The highest BCUT2D eigenvalue weighted by atomic mass is 19.1. The van der Waals surface area contributed by atoms with Gasteiger partial charge in [0.25, 0.3) is 5.56 Å². The van der Waals surface area contributed by atoms with Crippen molar-refractivity contribution in [2.45, 2.75) is 12.5 Å². The van der Waals surface area contributed by atoms with Crippen molar-refractivity contribution in [1.29, 1.82) is 0 Å². The summed E-state index contributed by atoms with van der Waals surface area (Å²) >= 11 is 0. The van der Waals surface area contributed by atoms with Crippen LogP contribution in [0.4, 0.5) is 14.9 Å². The van der Waals surface area contributed by atoms with Crippen LogP contribution in [0.25, 0.3) is 11.1 Å². The summed E-state index contributed by atoms with van der Waals surface area (Å²) in [4.78, 5) is 35.9. The number of carboxylic acids is 1. The number of aryl methyl sites for hydroxylation is 1. The number of aromatic hydroxyl groups is 1. The highest BCUT2D eigenvalue weighted by Crippen LogP contribution is 2.27. The number of amides is 2. The Hall–Kier alpha value is -4.14. The number of urea groups is 1. The number of carbonyl (C=O) groups is 2. The van der Waals surface area contributed by atoms with Gasteiger partial charge in [-0.15, -0.1) is 0 Å². The fourth-order valence-corrected chi connectivity index (χ4v) is 3.08. The normalized spacial score (nSPS) is 11.5. The van der Waals surface area contributed by atoms with E-state index in [2.05, 4.69) is 10.6 Å². The molecule has 1 atom stereocenters. The zero-order chi connectivity index (χ0) is 22.5. The Bertz CT molecular complexity index is 1180. The minimum atomic E-state index is -1.26. The number of carboxylic acid groups (broad SMARTS) is 1. The molecule has 0 aliphatic heterocycles. The Kier molecular flexibility index (Phi) is 6.35. The standard InChI is InChI=1S/C22H20FN3O5/c1-26-10-9-18(27)20(21(26)30)25-22(31)24-17(12-19(28)29)15-11-14(7-8-16(15)23)13-5-3-2-4-6-13/h2-11,17,27H,12H2,1H3,(H,28,29)(H2,24,25,31)/t17-/m0/s1. The number of anilines is 1. The summed E-state index contributed by atoms with van der Waals surface area (Å²) < 4.78 is 15.7. The minimum Gasteiger partial charge on any atom is -0.505 e. The van der Waals surface area contributed by atoms with E-state index in [1.54, 1.807) is 6.07 Å². The summed E-state index contributed by atoms with van der Waals surface area (Å²) in [7, 11) is 1.43. The maximum Gasteiger partial charge on any atom is 0.319 e. The minimum absolute atomic E-state index is 0.0240. The first-order valence-electron chi connectivity index (χ1n) is 9.29. The lowest BCUT2D eigenvalue weighted by molar-refractivity contribution is -0.137. The van der Waals surface area contributed by atoms with E-state index in [-0.39, 0.29) is 11.3 Å². The number of aliphatic carboxylic acids is 1. The zero-order valence-corrected chi connectivity index (χ0v) is 16.5. The number of nitrogens with zero attached hydrogens (tertiary/aromatic N) is 1.